The van der Waals surface area contributed by atoms with Gasteiger partial charge in [0.05, 0.1) is 6.04 Å². The molecule has 3 heteroatoms. The van der Waals surface area contributed by atoms with E-state index in [1.165, 1.54) is 5.57 Å². The van der Waals surface area contributed by atoms with Crippen molar-refractivity contribution in [2.45, 2.75) is 26.8 Å². The van der Waals surface area contributed by atoms with Gasteiger partial charge in [0.15, 0.2) is 0 Å². The number of halogens is 1. The van der Waals surface area contributed by atoms with Crippen LogP contribution in [0.5, 0.6) is 5.75 Å². The van der Waals surface area contributed by atoms with Gasteiger partial charge in [0, 0.05) is 5.02 Å². The van der Waals surface area contributed by atoms with Crippen LogP contribution in [-0.4, -0.2) is 19.2 Å². The SMILES string of the molecule is CCNC(C=C(C)C)COc1cccc(Cl)c1. The molecule has 0 fully saturated rings. The molecule has 0 bridgehead atoms. The van der Waals surface area contributed by atoms with E-state index in [1.54, 1.807) is 0 Å². The molecule has 2 nitrogen and oxygen atoms in total. The zero-order chi connectivity index (χ0) is 12.7. The lowest BCUT2D eigenvalue weighted by Crippen LogP contribution is -2.32. The van der Waals surface area contributed by atoms with Gasteiger partial charge in [-0.1, -0.05) is 36.2 Å². The Bertz CT molecular complexity index is 372. The molecule has 17 heavy (non-hydrogen) atoms. The quantitative estimate of drug-likeness (QED) is 0.782. The van der Waals surface area contributed by atoms with Gasteiger partial charge in [0.2, 0.25) is 0 Å². The van der Waals surface area contributed by atoms with Gasteiger partial charge >= 0.3 is 0 Å². The lowest BCUT2D eigenvalue weighted by atomic mass is 10.2. The summed E-state index contributed by atoms with van der Waals surface area (Å²) in [5.74, 6) is 0.808. The molecular formula is C14H20ClNO. The second-order valence-corrected chi connectivity index (χ2v) is 4.61. The Labute approximate surface area is 109 Å². The van der Waals surface area contributed by atoms with Gasteiger partial charge in [0.1, 0.15) is 12.4 Å². The van der Waals surface area contributed by atoms with Crippen LogP contribution >= 0.6 is 11.6 Å². The highest BCUT2D eigenvalue weighted by atomic mass is 35.5. The molecule has 0 spiro atoms. The summed E-state index contributed by atoms with van der Waals surface area (Å²) in [6.07, 6.45) is 2.17. The summed E-state index contributed by atoms with van der Waals surface area (Å²) in [7, 11) is 0. The molecule has 0 saturated heterocycles. The highest BCUT2D eigenvalue weighted by molar-refractivity contribution is 6.30. The average Bonchev–Trinajstić information content (AvgIpc) is 2.26. The molecule has 1 unspecified atom stereocenters. The third-order valence-electron chi connectivity index (χ3n) is 2.23. The fourth-order valence-corrected chi connectivity index (χ4v) is 1.75. The molecular weight excluding hydrogens is 234 g/mol. The van der Waals surface area contributed by atoms with E-state index in [-0.39, 0.29) is 6.04 Å². The van der Waals surface area contributed by atoms with E-state index in [2.05, 4.69) is 32.2 Å². The fraction of sp³-hybridized carbons (Fsp3) is 0.429. The van der Waals surface area contributed by atoms with Crippen molar-refractivity contribution in [1.29, 1.82) is 0 Å². The largest absolute Gasteiger partial charge is 0.492 e. The number of ether oxygens (including phenoxy) is 1. The first-order valence-electron chi connectivity index (χ1n) is 5.88. The number of likely N-dealkylation sites (N-methyl/N-ethyl adjacent to an activating group) is 1. The molecule has 1 rings (SSSR count). The Morgan fingerprint density at radius 2 is 2.24 bits per heavy atom. The first kappa shape index (κ1) is 14.1. The molecule has 1 aromatic carbocycles. The van der Waals surface area contributed by atoms with Crippen molar-refractivity contribution in [3.05, 3.63) is 40.9 Å². The van der Waals surface area contributed by atoms with Crippen LogP contribution in [0.15, 0.2) is 35.9 Å². The van der Waals surface area contributed by atoms with Gasteiger partial charge in [-0.2, -0.15) is 0 Å². The maximum atomic E-state index is 5.90. The Morgan fingerprint density at radius 1 is 1.47 bits per heavy atom. The Balaban J connectivity index is 2.54. The highest BCUT2D eigenvalue weighted by Gasteiger charge is 2.04. The van der Waals surface area contributed by atoms with Crippen LogP contribution in [0.2, 0.25) is 5.02 Å². The van der Waals surface area contributed by atoms with Crippen molar-refractivity contribution < 1.29 is 4.74 Å². The van der Waals surface area contributed by atoms with Crippen molar-refractivity contribution in [1.82, 2.24) is 5.32 Å². The van der Waals surface area contributed by atoms with Crippen LogP contribution in [0.4, 0.5) is 0 Å². The Hall–Kier alpha value is -0.990. The number of benzene rings is 1. The Kier molecular flexibility index (Phi) is 6.09. The lowest BCUT2D eigenvalue weighted by Gasteiger charge is -2.15. The number of nitrogens with one attached hydrogen (secondary N) is 1. The highest BCUT2D eigenvalue weighted by Crippen LogP contribution is 2.17. The van der Waals surface area contributed by atoms with Crippen LogP contribution in [0.3, 0.4) is 0 Å². The molecule has 0 saturated carbocycles. The fourth-order valence-electron chi connectivity index (χ4n) is 1.57. The van der Waals surface area contributed by atoms with Crippen molar-refractivity contribution >= 4 is 11.6 Å². The van der Waals surface area contributed by atoms with Crippen molar-refractivity contribution in [3.8, 4) is 5.75 Å². The molecule has 0 amide bonds. The Morgan fingerprint density at radius 3 is 2.82 bits per heavy atom. The molecule has 0 radical (unpaired) electrons. The van der Waals surface area contributed by atoms with Crippen molar-refractivity contribution in [3.63, 3.8) is 0 Å². The first-order valence-corrected chi connectivity index (χ1v) is 6.26. The minimum Gasteiger partial charge on any atom is -0.492 e. The van der Waals surface area contributed by atoms with Crippen LogP contribution in [0, 0.1) is 0 Å². The van der Waals surface area contributed by atoms with Crippen LogP contribution in [0.1, 0.15) is 20.8 Å². The van der Waals surface area contributed by atoms with E-state index in [0.29, 0.717) is 11.6 Å². The van der Waals surface area contributed by atoms with Crippen LogP contribution < -0.4 is 10.1 Å². The summed E-state index contributed by atoms with van der Waals surface area (Å²) in [4.78, 5) is 0. The average molecular weight is 254 g/mol. The van der Waals surface area contributed by atoms with Gasteiger partial charge < -0.3 is 10.1 Å². The zero-order valence-corrected chi connectivity index (χ0v) is 11.4. The van der Waals surface area contributed by atoms with Crippen LogP contribution in [-0.2, 0) is 0 Å². The second-order valence-electron chi connectivity index (χ2n) is 4.18. The van der Waals surface area contributed by atoms with E-state index in [9.17, 15) is 0 Å². The molecule has 1 N–H and O–H groups in total. The summed E-state index contributed by atoms with van der Waals surface area (Å²) in [5.41, 5.74) is 1.28. The van der Waals surface area contributed by atoms with Gasteiger partial charge in [0.25, 0.3) is 0 Å². The summed E-state index contributed by atoms with van der Waals surface area (Å²) in [5, 5.41) is 4.06. The van der Waals surface area contributed by atoms with E-state index in [0.717, 1.165) is 12.3 Å². The van der Waals surface area contributed by atoms with Crippen LogP contribution in [0.25, 0.3) is 0 Å². The number of allylic oxidation sites excluding steroid dienone is 1. The molecule has 0 aromatic heterocycles. The molecule has 0 heterocycles. The van der Waals surface area contributed by atoms with E-state index < -0.39 is 0 Å². The predicted molar refractivity (Wildman–Crippen MR) is 73.8 cm³/mol. The zero-order valence-electron chi connectivity index (χ0n) is 10.7. The minimum absolute atomic E-state index is 0.240. The van der Waals surface area contributed by atoms with Gasteiger partial charge in [-0.15, -0.1) is 0 Å². The summed E-state index contributed by atoms with van der Waals surface area (Å²) in [6, 6.07) is 7.71. The van der Waals surface area contributed by atoms with E-state index >= 15 is 0 Å². The normalized spacial score (nSPS) is 12.0. The number of hydrogen-bond donors (Lipinski definition) is 1. The molecule has 0 aliphatic rings. The molecule has 0 aliphatic heterocycles. The van der Waals surface area contributed by atoms with Gasteiger partial charge in [-0.05, 0) is 38.6 Å². The topological polar surface area (TPSA) is 21.3 Å². The van der Waals surface area contributed by atoms with E-state index in [4.69, 9.17) is 16.3 Å². The third kappa shape index (κ3) is 5.76. The third-order valence-corrected chi connectivity index (χ3v) is 2.46. The second kappa shape index (κ2) is 7.36. The number of rotatable bonds is 6. The molecule has 94 valence electrons. The maximum absolute atomic E-state index is 5.90. The molecule has 1 aromatic rings. The molecule has 0 aliphatic carbocycles. The summed E-state index contributed by atoms with van der Waals surface area (Å²) >= 11 is 5.90. The minimum atomic E-state index is 0.240. The van der Waals surface area contributed by atoms with Crippen molar-refractivity contribution in [2.24, 2.45) is 0 Å². The predicted octanol–water partition coefficient (Wildman–Crippen LogP) is 3.66. The lowest BCUT2D eigenvalue weighted by molar-refractivity contribution is 0.287. The maximum Gasteiger partial charge on any atom is 0.120 e. The van der Waals surface area contributed by atoms with Gasteiger partial charge in [-0.25, -0.2) is 0 Å². The van der Waals surface area contributed by atoms with E-state index in [1.807, 2.05) is 24.3 Å². The summed E-state index contributed by atoms with van der Waals surface area (Å²) in [6.45, 7) is 7.80. The van der Waals surface area contributed by atoms with Gasteiger partial charge in [-0.3, -0.25) is 0 Å². The number of hydrogen-bond acceptors (Lipinski definition) is 2. The summed E-state index contributed by atoms with van der Waals surface area (Å²) < 4.78 is 5.71. The smallest absolute Gasteiger partial charge is 0.120 e. The standard InChI is InChI=1S/C14H20ClNO/c1-4-16-13(8-11(2)3)10-17-14-7-5-6-12(15)9-14/h5-9,13,16H,4,10H2,1-3H3. The molecule has 1 atom stereocenters. The monoisotopic (exact) mass is 253 g/mol. The van der Waals surface area contributed by atoms with Crippen molar-refractivity contribution in [2.75, 3.05) is 13.2 Å². The first-order chi connectivity index (χ1) is 8.11.